The third kappa shape index (κ3) is 2.76. The number of ether oxygens (including phenoxy) is 1. The molecule has 0 saturated carbocycles. The lowest BCUT2D eigenvalue weighted by molar-refractivity contribution is -0.145. The molecule has 1 heterocycles. The third-order valence-electron chi connectivity index (χ3n) is 3.02. The fourth-order valence-electron chi connectivity index (χ4n) is 1.90. The number of benzene rings is 1. The molecule has 0 bridgehead atoms. The van der Waals surface area contributed by atoms with E-state index in [1.165, 1.54) is 0 Å². The lowest BCUT2D eigenvalue weighted by atomic mass is 10.0. The van der Waals surface area contributed by atoms with Crippen molar-refractivity contribution in [3.8, 4) is 5.75 Å². The van der Waals surface area contributed by atoms with Gasteiger partial charge in [-0.15, -0.1) is 0 Å². The lowest BCUT2D eigenvalue weighted by Gasteiger charge is -2.39. The highest BCUT2D eigenvalue weighted by atomic mass is 35.5. The molecule has 1 unspecified atom stereocenters. The summed E-state index contributed by atoms with van der Waals surface area (Å²) in [6.45, 7) is 3.04. The maximum atomic E-state index is 12.0. The summed E-state index contributed by atoms with van der Waals surface area (Å²) in [5.74, 6) is 0.653. The SMILES string of the molecule is CC(Oc1ccccc1Cl)C(=O)N1CC(CO)C1. The van der Waals surface area contributed by atoms with Gasteiger partial charge in [-0.3, -0.25) is 4.79 Å². The van der Waals surface area contributed by atoms with Gasteiger partial charge in [0.05, 0.1) is 5.02 Å². The summed E-state index contributed by atoms with van der Waals surface area (Å²) in [4.78, 5) is 13.7. The minimum atomic E-state index is -0.565. The van der Waals surface area contributed by atoms with Crippen molar-refractivity contribution in [2.75, 3.05) is 19.7 Å². The lowest BCUT2D eigenvalue weighted by Crippen LogP contribution is -2.54. The molecule has 0 radical (unpaired) electrons. The number of carbonyl (C=O) groups excluding carboxylic acids is 1. The average molecular weight is 270 g/mol. The van der Waals surface area contributed by atoms with Gasteiger partial charge in [0.15, 0.2) is 6.10 Å². The van der Waals surface area contributed by atoms with E-state index >= 15 is 0 Å². The number of rotatable bonds is 4. The molecule has 0 spiro atoms. The van der Waals surface area contributed by atoms with Gasteiger partial charge in [0, 0.05) is 25.6 Å². The van der Waals surface area contributed by atoms with Gasteiger partial charge in [-0.2, -0.15) is 0 Å². The number of aliphatic hydroxyl groups is 1. The monoisotopic (exact) mass is 269 g/mol. The zero-order chi connectivity index (χ0) is 13.1. The van der Waals surface area contributed by atoms with Crippen molar-refractivity contribution in [2.24, 2.45) is 5.92 Å². The molecule has 4 nitrogen and oxygen atoms in total. The van der Waals surface area contributed by atoms with Crippen molar-refractivity contribution in [3.63, 3.8) is 0 Å². The second kappa shape index (κ2) is 5.59. The van der Waals surface area contributed by atoms with Gasteiger partial charge in [-0.1, -0.05) is 23.7 Å². The van der Waals surface area contributed by atoms with Crippen molar-refractivity contribution in [1.29, 1.82) is 0 Å². The van der Waals surface area contributed by atoms with Gasteiger partial charge in [0.2, 0.25) is 0 Å². The molecule has 5 heteroatoms. The van der Waals surface area contributed by atoms with Crippen molar-refractivity contribution < 1.29 is 14.6 Å². The summed E-state index contributed by atoms with van der Waals surface area (Å²) < 4.78 is 5.55. The van der Waals surface area contributed by atoms with Crippen LogP contribution in [0.3, 0.4) is 0 Å². The molecule has 0 aromatic heterocycles. The quantitative estimate of drug-likeness (QED) is 0.902. The van der Waals surface area contributed by atoms with Crippen LogP contribution in [0.1, 0.15) is 6.92 Å². The second-order valence-corrected chi connectivity index (χ2v) is 4.89. The molecule has 98 valence electrons. The average Bonchev–Trinajstić information content (AvgIpc) is 2.30. The van der Waals surface area contributed by atoms with Gasteiger partial charge in [-0.05, 0) is 19.1 Å². The van der Waals surface area contributed by atoms with Crippen LogP contribution in [0.2, 0.25) is 5.02 Å². The Bertz CT molecular complexity index is 432. The van der Waals surface area contributed by atoms with Crippen LogP contribution in [-0.4, -0.2) is 41.7 Å². The molecule has 1 saturated heterocycles. The Kier molecular flexibility index (Phi) is 4.09. The smallest absolute Gasteiger partial charge is 0.263 e. The first-order valence-electron chi connectivity index (χ1n) is 5.92. The van der Waals surface area contributed by atoms with E-state index in [4.69, 9.17) is 21.4 Å². The Morgan fingerprint density at radius 3 is 2.83 bits per heavy atom. The van der Waals surface area contributed by atoms with Gasteiger partial charge < -0.3 is 14.7 Å². The molecule has 1 aromatic carbocycles. The van der Waals surface area contributed by atoms with Crippen LogP contribution in [0.5, 0.6) is 5.75 Å². The number of aliphatic hydroxyl groups excluding tert-OH is 1. The predicted octanol–water partition coefficient (Wildman–Crippen LogP) is 1.56. The van der Waals surface area contributed by atoms with Gasteiger partial charge in [0.1, 0.15) is 5.75 Å². The molecule has 1 amide bonds. The molecule has 1 aromatic rings. The minimum absolute atomic E-state index is 0.0698. The summed E-state index contributed by atoms with van der Waals surface area (Å²) >= 11 is 5.96. The van der Waals surface area contributed by atoms with E-state index < -0.39 is 6.10 Å². The first-order valence-corrected chi connectivity index (χ1v) is 6.30. The Morgan fingerprint density at radius 1 is 1.56 bits per heavy atom. The van der Waals surface area contributed by atoms with Crippen molar-refractivity contribution in [3.05, 3.63) is 29.3 Å². The van der Waals surface area contributed by atoms with Crippen LogP contribution in [-0.2, 0) is 4.79 Å². The van der Waals surface area contributed by atoms with Crippen LogP contribution in [0.25, 0.3) is 0 Å². The van der Waals surface area contributed by atoms with E-state index in [9.17, 15) is 4.79 Å². The van der Waals surface area contributed by atoms with E-state index in [0.29, 0.717) is 23.9 Å². The Labute approximate surface area is 111 Å². The van der Waals surface area contributed by atoms with E-state index in [1.807, 2.05) is 12.1 Å². The van der Waals surface area contributed by atoms with E-state index in [0.717, 1.165) is 0 Å². The zero-order valence-corrected chi connectivity index (χ0v) is 10.9. The van der Waals surface area contributed by atoms with E-state index in [2.05, 4.69) is 0 Å². The van der Waals surface area contributed by atoms with Crippen molar-refractivity contribution >= 4 is 17.5 Å². The first kappa shape index (κ1) is 13.2. The van der Waals surface area contributed by atoms with E-state index in [-0.39, 0.29) is 18.4 Å². The Morgan fingerprint density at radius 2 is 2.22 bits per heavy atom. The standard InChI is InChI=1S/C13H16ClNO3/c1-9(13(17)15-6-10(7-15)8-16)18-12-5-3-2-4-11(12)14/h2-5,9-10,16H,6-8H2,1H3. The Hall–Kier alpha value is -1.26. The number of halogens is 1. The van der Waals surface area contributed by atoms with Crippen molar-refractivity contribution in [2.45, 2.75) is 13.0 Å². The second-order valence-electron chi connectivity index (χ2n) is 4.48. The van der Waals surface area contributed by atoms with Gasteiger partial charge in [-0.25, -0.2) is 0 Å². The first-order chi connectivity index (χ1) is 8.61. The molecule has 18 heavy (non-hydrogen) atoms. The maximum Gasteiger partial charge on any atom is 0.263 e. The fourth-order valence-corrected chi connectivity index (χ4v) is 2.08. The molecule has 1 fully saturated rings. The van der Waals surface area contributed by atoms with E-state index in [1.54, 1.807) is 24.0 Å². The van der Waals surface area contributed by atoms with Crippen LogP contribution in [0, 0.1) is 5.92 Å². The largest absolute Gasteiger partial charge is 0.479 e. The number of carbonyl (C=O) groups is 1. The summed E-state index contributed by atoms with van der Waals surface area (Å²) in [5, 5.41) is 9.40. The number of hydrogen-bond donors (Lipinski definition) is 1. The van der Waals surface area contributed by atoms with Gasteiger partial charge in [0.25, 0.3) is 5.91 Å². The molecular weight excluding hydrogens is 254 g/mol. The highest BCUT2D eigenvalue weighted by Gasteiger charge is 2.33. The highest BCUT2D eigenvalue weighted by molar-refractivity contribution is 6.32. The normalized spacial score (nSPS) is 17.2. The van der Waals surface area contributed by atoms with Crippen LogP contribution >= 0.6 is 11.6 Å². The Balaban J connectivity index is 1.90. The highest BCUT2D eigenvalue weighted by Crippen LogP contribution is 2.25. The molecule has 1 N–H and O–H groups in total. The summed E-state index contributed by atoms with van der Waals surface area (Å²) in [7, 11) is 0. The summed E-state index contributed by atoms with van der Waals surface area (Å²) in [6.07, 6.45) is -0.565. The summed E-state index contributed by atoms with van der Waals surface area (Å²) in [6, 6.07) is 7.07. The number of amides is 1. The van der Waals surface area contributed by atoms with Crippen LogP contribution in [0.4, 0.5) is 0 Å². The number of nitrogens with zero attached hydrogens (tertiary/aromatic N) is 1. The maximum absolute atomic E-state index is 12.0. The minimum Gasteiger partial charge on any atom is -0.479 e. The predicted molar refractivity (Wildman–Crippen MR) is 68.7 cm³/mol. The number of para-hydroxylation sites is 1. The van der Waals surface area contributed by atoms with Crippen LogP contribution in [0.15, 0.2) is 24.3 Å². The molecule has 1 aliphatic rings. The fraction of sp³-hybridized carbons (Fsp3) is 0.462. The third-order valence-corrected chi connectivity index (χ3v) is 3.33. The van der Waals surface area contributed by atoms with Crippen LogP contribution < -0.4 is 4.74 Å². The number of likely N-dealkylation sites (tertiary alicyclic amines) is 1. The number of hydrogen-bond acceptors (Lipinski definition) is 3. The molecule has 0 aliphatic carbocycles. The topological polar surface area (TPSA) is 49.8 Å². The van der Waals surface area contributed by atoms with Gasteiger partial charge >= 0.3 is 0 Å². The molecule has 2 rings (SSSR count). The summed E-state index contributed by atoms with van der Waals surface area (Å²) in [5.41, 5.74) is 0. The molecular formula is C13H16ClNO3. The molecule has 1 aliphatic heterocycles. The zero-order valence-electron chi connectivity index (χ0n) is 10.2. The molecule has 1 atom stereocenters. The van der Waals surface area contributed by atoms with Crippen molar-refractivity contribution in [1.82, 2.24) is 4.90 Å².